The highest BCUT2D eigenvalue weighted by molar-refractivity contribution is 6.33. The standard InChI is InChI=1S/C57H38/c1-57(2)54-22-12-11-19-48(54)49-28-27-38(33-55(49)57)36-23-24-37-32-39(26-25-35(37)31-36)40-29-30-47(42-14-4-3-13-41(40)42)52-34-53-45-17-6-5-15-43(45)44-16-7-9-20-50(44)56(53)51-21-10-8-18-46(51)52/h3-34H,1-2H3. The van der Waals surface area contributed by atoms with Crippen LogP contribution in [0.15, 0.2) is 194 Å². The number of benzene rings is 11. The van der Waals surface area contributed by atoms with Crippen molar-refractivity contribution in [2.45, 2.75) is 19.3 Å². The minimum absolute atomic E-state index is 0.0172. The van der Waals surface area contributed by atoms with E-state index in [9.17, 15) is 0 Å². The molecule has 11 aromatic rings. The summed E-state index contributed by atoms with van der Waals surface area (Å²) in [5.74, 6) is 0. The second-order valence-electron chi connectivity index (χ2n) is 16.4. The van der Waals surface area contributed by atoms with Gasteiger partial charge in [0, 0.05) is 5.41 Å². The Hall–Kier alpha value is -7.02. The zero-order chi connectivity index (χ0) is 37.8. The monoisotopic (exact) mass is 722 g/mol. The van der Waals surface area contributed by atoms with E-state index in [1.165, 1.54) is 120 Å². The first kappa shape index (κ1) is 32.2. The summed E-state index contributed by atoms with van der Waals surface area (Å²) in [7, 11) is 0. The van der Waals surface area contributed by atoms with Crippen LogP contribution < -0.4 is 0 Å². The average Bonchev–Trinajstić information content (AvgIpc) is 3.50. The highest BCUT2D eigenvalue weighted by Gasteiger charge is 2.35. The van der Waals surface area contributed by atoms with Gasteiger partial charge in [0.25, 0.3) is 0 Å². The zero-order valence-electron chi connectivity index (χ0n) is 32.0. The lowest BCUT2D eigenvalue weighted by Crippen LogP contribution is -2.14. The number of hydrogen-bond acceptors (Lipinski definition) is 0. The van der Waals surface area contributed by atoms with E-state index in [1.807, 2.05) is 0 Å². The first-order valence-electron chi connectivity index (χ1n) is 20.1. The van der Waals surface area contributed by atoms with E-state index in [-0.39, 0.29) is 5.41 Å². The van der Waals surface area contributed by atoms with Gasteiger partial charge in [0.15, 0.2) is 0 Å². The van der Waals surface area contributed by atoms with E-state index in [1.54, 1.807) is 0 Å². The van der Waals surface area contributed by atoms with Crippen LogP contribution in [-0.4, -0.2) is 0 Å². The predicted octanol–water partition coefficient (Wildman–Crippen LogP) is 15.9. The van der Waals surface area contributed by atoms with E-state index in [4.69, 9.17) is 0 Å². The molecule has 0 N–H and O–H groups in total. The second-order valence-corrected chi connectivity index (χ2v) is 16.4. The Balaban J connectivity index is 0.988. The van der Waals surface area contributed by atoms with Crippen molar-refractivity contribution in [3.05, 3.63) is 205 Å². The van der Waals surface area contributed by atoms with Crippen LogP contribution in [0, 0.1) is 0 Å². The van der Waals surface area contributed by atoms with E-state index in [0.29, 0.717) is 0 Å². The molecule has 0 fully saturated rings. The van der Waals surface area contributed by atoms with Crippen LogP contribution in [-0.2, 0) is 5.41 Å². The molecule has 0 bridgehead atoms. The van der Waals surface area contributed by atoms with Crippen LogP contribution >= 0.6 is 0 Å². The molecule has 1 aliphatic carbocycles. The van der Waals surface area contributed by atoms with Crippen molar-refractivity contribution in [2.24, 2.45) is 0 Å². The normalized spacial score (nSPS) is 13.2. The highest BCUT2D eigenvalue weighted by Crippen LogP contribution is 2.50. The summed E-state index contributed by atoms with van der Waals surface area (Å²) in [6, 6.07) is 72.7. The van der Waals surface area contributed by atoms with Gasteiger partial charge in [-0.05, 0) is 145 Å². The minimum Gasteiger partial charge on any atom is -0.0619 e. The smallest absolute Gasteiger partial charge is 0.0159 e. The van der Waals surface area contributed by atoms with Gasteiger partial charge in [-0.3, -0.25) is 0 Å². The Bertz CT molecular complexity index is 3490. The second kappa shape index (κ2) is 12.0. The van der Waals surface area contributed by atoms with Crippen LogP contribution in [0.4, 0.5) is 0 Å². The molecule has 11 aromatic carbocycles. The largest absolute Gasteiger partial charge is 0.0619 e. The summed E-state index contributed by atoms with van der Waals surface area (Å²) in [6.45, 7) is 4.71. The minimum atomic E-state index is -0.0172. The topological polar surface area (TPSA) is 0 Å². The third-order valence-corrected chi connectivity index (χ3v) is 13.0. The zero-order valence-corrected chi connectivity index (χ0v) is 32.0. The molecule has 0 heterocycles. The van der Waals surface area contributed by atoms with E-state index in [0.717, 1.165) is 0 Å². The quantitative estimate of drug-likeness (QED) is 0.159. The molecule has 1 aliphatic rings. The Morgan fingerprint density at radius 2 is 0.702 bits per heavy atom. The van der Waals surface area contributed by atoms with Crippen molar-refractivity contribution in [1.82, 2.24) is 0 Å². The van der Waals surface area contributed by atoms with Gasteiger partial charge < -0.3 is 0 Å². The molecule has 57 heavy (non-hydrogen) atoms. The lowest BCUT2D eigenvalue weighted by molar-refractivity contribution is 0.660. The third kappa shape index (κ3) is 4.68. The van der Waals surface area contributed by atoms with Gasteiger partial charge in [0.05, 0.1) is 0 Å². The Labute approximate surface area is 332 Å². The molecule has 0 amide bonds. The van der Waals surface area contributed by atoms with Gasteiger partial charge in [-0.2, -0.15) is 0 Å². The molecule has 0 heteroatoms. The van der Waals surface area contributed by atoms with Gasteiger partial charge in [-0.25, -0.2) is 0 Å². The summed E-state index contributed by atoms with van der Waals surface area (Å²) in [5, 5.41) is 15.4. The SMILES string of the molecule is CC1(C)c2ccccc2-c2ccc(-c3ccc4cc(-c5ccc(-c6cc7c8ccccc8c8ccccc8c7c7ccccc67)c6ccccc56)ccc4c3)cc21. The molecule has 0 aliphatic heterocycles. The summed E-state index contributed by atoms with van der Waals surface area (Å²) in [4.78, 5) is 0. The molecule has 12 rings (SSSR count). The lowest BCUT2D eigenvalue weighted by Gasteiger charge is -2.22. The average molecular weight is 723 g/mol. The molecule has 266 valence electrons. The summed E-state index contributed by atoms with van der Waals surface area (Å²) in [6.07, 6.45) is 0. The van der Waals surface area contributed by atoms with Crippen LogP contribution in [0.3, 0.4) is 0 Å². The van der Waals surface area contributed by atoms with Crippen LogP contribution in [0.1, 0.15) is 25.0 Å². The van der Waals surface area contributed by atoms with Crippen LogP contribution in [0.5, 0.6) is 0 Å². The molecule has 0 aromatic heterocycles. The van der Waals surface area contributed by atoms with Gasteiger partial charge in [0.1, 0.15) is 0 Å². The molecule has 0 saturated heterocycles. The van der Waals surface area contributed by atoms with Gasteiger partial charge >= 0.3 is 0 Å². The molecule has 0 unspecified atom stereocenters. The fourth-order valence-corrected chi connectivity index (χ4v) is 10.3. The number of rotatable bonds is 3. The first-order valence-corrected chi connectivity index (χ1v) is 20.1. The Kier molecular flexibility index (Phi) is 6.78. The molecule has 0 atom stereocenters. The molecule has 0 saturated carbocycles. The van der Waals surface area contributed by atoms with E-state index < -0.39 is 0 Å². The van der Waals surface area contributed by atoms with E-state index in [2.05, 4.69) is 208 Å². The van der Waals surface area contributed by atoms with Crippen molar-refractivity contribution < 1.29 is 0 Å². The van der Waals surface area contributed by atoms with Crippen molar-refractivity contribution in [3.8, 4) is 44.5 Å². The van der Waals surface area contributed by atoms with Crippen LogP contribution in [0.2, 0.25) is 0 Å². The van der Waals surface area contributed by atoms with Gasteiger partial charge in [-0.1, -0.05) is 184 Å². The van der Waals surface area contributed by atoms with E-state index >= 15 is 0 Å². The molecule has 0 spiro atoms. The molecule has 0 nitrogen and oxygen atoms in total. The maximum absolute atomic E-state index is 2.46. The summed E-state index contributed by atoms with van der Waals surface area (Å²) >= 11 is 0. The highest BCUT2D eigenvalue weighted by atomic mass is 14.4. The third-order valence-electron chi connectivity index (χ3n) is 13.0. The lowest BCUT2D eigenvalue weighted by atomic mass is 9.81. The fourth-order valence-electron chi connectivity index (χ4n) is 10.3. The van der Waals surface area contributed by atoms with Crippen LogP contribution in [0.25, 0.3) is 109 Å². The Morgan fingerprint density at radius 3 is 1.42 bits per heavy atom. The molecule has 0 radical (unpaired) electrons. The maximum Gasteiger partial charge on any atom is 0.0159 e. The van der Waals surface area contributed by atoms with Crippen molar-refractivity contribution in [2.75, 3.05) is 0 Å². The molecular formula is C57H38. The first-order chi connectivity index (χ1) is 28.0. The summed E-state index contributed by atoms with van der Waals surface area (Å²) < 4.78 is 0. The van der Waals surface area contributed by atoms with Gasteiger partial charge in [-0.15, -0.1) is 0 Å². The van der Waals surface area contributed by atoms with Crippen molar-refractivity contribution in [1.29, 1.82) is 0 Å². The van der Waals surface area contributed by atoms with Crippen molar-refractivity contribution in [3.63, 3.8) is 0 Å². The Morgan fingerprint density at radius 1 is 0.263 bits per heavy atom. The fraction of sp³-hybridized carbons (Fsp3) is 0.0526. The summed E-state index contributed by atoms with van der Waals surface area (Å²) in [5.41, 5.74) is 13.1. The molecular weight excluding hydrogens is 685 g/mol. The maximum atomic E-state index is 2.46. The number of hydrogen-bond donors (Lipinski definition) is 0. The predicted molar refractivity (Wildman–Crippen MR) is 245 cm³/mol. The number of fused-ring (bicyclic) bond motifs is 13. The van der Waals surface area contributed by atoms with Gasteiger partial charge in [0.2, 0.25) is 0 Å². The van der Waals surface area contributed by atoms with Crippen molar-refractivity contribution >= 4 is 64.6 Å².